The van der Waals surface area contributed by atoms with Crippen LogP contribution in [0.25, 0.3) is 0 Å². The van der Waals surface area contributed by atoms with Crippen LogP contribution in [0.1, 0.15) is 45.5 Å². The van der Waals surface area contributed by atoms with Gasteiger partial charge < -0.3 is 5.32 Å². The number of carbonyl (C=O) groups excluding carboxylic acids is 1. The lowest BCUT2D eigenvalue weighted by atomic mass is 10.0. The summed E-state index contributed by atoms with van der Waals surface area (Å²) in [5.74, 6) is 0.0671. The second kappa shape index (κ2) is 7.78. The zero-order chi connectivity index (χ0) is 12.3. The fourth-order valence-electron chi connectivity index (χ4n) is 1.61. The summed E-state index contributed by atoms with van der Waals surface area (Å²) in [5.41, 5.74) is 0.574. The van der Waals surface area contributed by atoms with E-state index >= 15 is 0 Å². The van der Waals surface area contributed by atoms with Crippen LogP contribution in [0.15, 0.2) is 24.3 Å². The van der Waals surface area contributed by atoms with Crippen LogP contribution in [0, 0.1) is 0 Å². The molecule has 18 heavy (non-hydrogen) atoms. The fourth-order valence-corrected chi connectivity index (χ4v) is 1.80. The fraction of sp³-hybridized carbons (Fsp3) is 0.500. The number of nitrogens with one attached hydrogen (secondary N) is 1. The standard InChI is InChI=1S/C13H18ClNO.CH4.ClH/c1-9(15-13(2,3)4)12(16)10-6-5-7-11(14)8-10;;/h5-9,15H,1-4H3;1H4;1H. The maximum absolute atomic E-state index is 12.1. The van der Waals surface area contributed by atoms with Gasteiger partial charge in [0.2, 0.25) is 0 Å². The van der Waals surface area contributed by atoms with Crippen molar-refractivity contribution in [1.82, 2.24) is 5.32 Å². The highest BCUT2D eigenvalue weighted by molar-refractivity contribution is 6.31. The van der Waals surface area contributed by atoms with Gasteiger partial charge >= 0.3 is 0 Å². The molecule has 1 aromatic carbocycles. The van der Waals surface area contributed by atoms with E-state index < -0.39 is 0 Å². The molecule has 1 atom stereocenters. The highest BCUT2D eigenvalue weighted by atomic mass is 35.5. The molecule has 1 rings (SSSR count). The normalized spacial score (nSPS) is 12.1. The second-order valence-electron chi connectivity index (χ2n) is 4.99. The van der Waals surface area contributed by atoms with Crippen LogP contribution >= 0.6 is 24.0 Å². The molecule has 0 bridgehead atoms. The van der Waals surface area contributed by atoms with E-state index in [1.165, 1.54) is 0 Å². The second-order valence-corrected chi connectivity index (χ2v) is 5.43. The highest BCUT2D eigenvalue weighted by Gasteiger charge is 2.20. The van der Waals surface area contributed by atoms with E-state index in [1.807, 2.05) is 27.7 Å². The molecule has 0 saturated carbocycles. The molecule has 0 aromatic heterocycles. The van der Waals surface area contributed by atoms with Crippen LogP contribution in [-0.4, -0.2) is 17.4 Å². The zero-order valence-electron chi connectivity index (χ0n) is 10.6. The molecule has 0 spiro atoms. The third-order valence-corrected chi connectivity index (χ3v) is 2.39. The maximum Gasteiger partial charge on any atom is 0.179 e. The van der Waals surface area contributed by atoms with Crippen molar-refractivity contribution in [3.05, 3.63) is 34.9 Å². The predicted octanol–water partition coefficient (Wildman–Crippen LogP) is 4.36. The lowest BCUT2D eigenvalue weighted by molar-refractivity contribution is 0.0936. The van der Waals surface area contributed by atoms with Crippen molar-refractivity contribution < 1.29 is 4.79 Å². The number of hydrogen-bond acceptors (Lipinski definition) is 2. The number of ketones is 1. The quantitative estimate of drug-likeness (QED) is 0.839. The van der Waals surface area contributed by atoms with Gasteiger partial charge in [0, 0.05) is 16.1 Å². The number of Topliss-reactive ketones (excluding diaryl/α,β-unsaturated/α-hetero) is 1. The first-order valence-corrected chi connectivity index (χ1v) is 5.75. The van der Waals surface area contributed by atoms with Gasteiger partial charge in [0.1, 0.15) is 0 Å². The number of halogens is 2. The molecule has 0 aliphatic heterocycles. The molecule has 1 N–H and O–H groups in total. The van der Waals surface area contributed by atoms with Crippen LogP contribution in [0.3, 0.4) is 0 Å². The number of hydrogen-bond donors (Lipinski definition) is 1. The Morgan fingerprint density at radius 2 is 1.89 bits per heavy atom. The molecular weight excluding hydrogens is 269 g/mol. The van der Waals surface area contributed by atoms with Crippen molar-refractivity contribution in [2.75, 3.05) is 0 Å². The van der Waals surface area contributed by atoms with Crippen LogP contribution in [-0.2, 0) is 0 Å². The van der Waals surface area contributed by atoms with Crippen LogP contribution < -0.4 is 5.32 Å². The van der Waals surface area contributed by atoms with E-state index in [0.29, 0.717) is 10.6 Å². The molecule has 2 nitrogen and oxygen atoms in total. The molecule has 0 aliphatic rings. The van der Waals surface area contributed by atoms with E-state index in [9.17, 15) is 4.79 Å². The van der Waals surface area contributed by atoms with Crippen molar-refractivity contribution in [2.45, 2.75) is 46.7 Å². The Morgan fingerprint density at radius 1 is 1.33 bits per heavy atom. The van der Waals surface area contributed by atoms with Crippen molar-refractivity contribution >= 4 is 29.8 Å². The SMILES string of the molecule is C.CC(NC(C)(C)C)C(=O)c1cccc(Cl)c1.Cl. The summed E-state index contributed by atoms with van der Waals surface area (Å²) < 4.78 is 0. The topological polar surface area (TPSA) is 29.1 Å². The monoisotopic (exact) mass is 291 g/mol. The summed E-state index contributed by atoms with van der Waals surface area (Å²) >= 11 is 5.85. The molecule has 4 heteroatoms. The molecule has 0 saturated heterocycles. The first-order chi connectivity index (χ1) is 7.29. The minimum Gasteiger partial charge on any atom is -0.303 e. The van der Waals surface area contributed by atoms with Gasteiger partial charge in [-0.1, -0.05) is 31.2 Å². The molecule has 0 aliphatic carbocycles. The van der Waals surface area contributed by atoms with Crippen LogP contribution in [0.2, 0.25) is 5.02 Å². The van der Waals surface area contributed by atoms with Gasteiger partial charge in [0.05, 0.1) is 6.04 Å². The van der Waals surface area contributed by atoms with E-state index in [-0.39, 0.29) is 37.2 Å². The largest absolute Gasteiger partial charge is 0.303 e. The number of benzene rings is 1. The van der Waals surface area contributed by atoms with Gasteiger partial charge in [-0.2, -0.15) is 0 Å². The lowest BCUT2D eigenvalue weighted by Gasteiger charge is -2.25. The third-order valence-electron chi connectivity index (χ3n) is 2.15. The Bertz CT molecular complexity index is 386. The Balaban J connectivity index is 0. The Kier molecular flexibility index (Phi) is 8.54. The van der Waals surface area contributed by atoms with Gasteiger partial charge in [-0.25, -0.2) is 0 Å². The zero-order valence-corrected chi connectivity index (χ0v) is 12.2. The molecule has 0 heterocycles. The molecule has 1 aromatic rings. The van der Waals surface area contributed by atoms with Gasteiger partial charge in [-0.3, -0.25) is 4.79 Å². The molecule has 1 unspecified atom stereocenters. The molecule has 0 amide bonds. The first kappa shape index (κ1) is 19.8. The van der Waals surface area contributed by atoms with Gasteiger partial charge in [-0.05, 0) is 39.8 Å². The van der Waals surface area contributed by atoms with Crippen molar-refractivity contribution in [1.29, 1.82) is 0 Å². The summed E-state index contributed by atoms with van der Waals surface area (Å²) in [6, 6.07) is 6.83. The first-order valence-electron chi connectivity index (χ1n) is 5.37. The number of carbonyl (C=O) groups is 1. The van der Waals surface area contributed by atoms with E-state index in [1.54, 1.807) is 24.3 Å². The minimum absolute atomic E-state index is 0. The third kappa shape index (κ3) is 6.39. The highest BCUT2D eigenvalue weighted by Crippen LogP contribution is 2.13. The Morgan fingerprint density at radius 3 is 2.33 bits per heavy atom. The van der Waals surface area contributed by atoms with E-state index in [2.05, 4.69) is 5.32 Å². The van der Waals surface area contributed by atoms with Crippen LogP contribution in [0.4, 0.5) is 0 Å². The number of rotatable bonds is 3. The van der Waals surface area contributed by atoms with Gasteiger partial charge in [0.15, 0.2) is 5.78 Å². The van der Waals surface area contributed by atoms with Gasteiger partial charge in [-0.15, -0.1) is 12.4 Å². The Labute approximate surface area is 122 Å². The summed E-state index contributed by atoms with van der Waals surface area (Å²) in [6.45, 7) is 7.98. The van der Waals surface area contributed by atoms with Crippen LogP contribution in [0.5, 0.6) is 0 Å². The summed E-state index contributed by atoms with van der Waals surface area (Å²) in [6.07, 6.45) is 0. The lowest BCUT2D eigenvalue weighted by Crippen LogP contribution is -2.46. The van der Waals surface area contributed by atoms with Crippen molar-refractivity contribution in [3.63, 3.8) is 0 Å². The molecule has 0 radical (unpaired) electrons. The average Bonchev–Trinajstić information content (AvgIpc) is 2.14. The summed E-state index contributed by atoms with van der Waals surface area (Å²) in [7, 11) is 0. The van der Waals surface area contributed by atoms with Crippen molar-refractivity contribution in [3.8, 4) is 0 Å². The molecule has 0 fully saturated rings. The van der Waals surface area contributed by atoms with E-state index in [0.717, 1.165) is 0 Å². The molecule has 104 valence electrons. The Hall–Kier alpha value is -0.570. The minimum atomic E-state index is -0.210. The average molecular weight is 292 g/mol. The van der Waals surface area contributed by atoms with E-state index in [4.69, 9.17) is 11.6 Å². The summed E-state index contributed by atoms with van der Waals surface area (Å²) in [4.78, 5) is 12.1. The molecular formula is C14H23Cl2NO. The van der Waals surface area contributed by atoms with Gasteiger partial charge in [0.25, 0.3) is 0 Å². The predicted molar refractivity (Wildman–Crippen MR) is 82.1 cm³/mol. The smallest absolute Gasteiger partial charge is 0.179 e. The maximum atomic E-state index is 12.1. The summed E-state index contributed by atoms with van der Waals surface area (Å²) in [5, 5.41) is 3.84. The van der Waals surface area contributed by atoms with Crippen molar-refractivity contribution in [2.24, 2.45) is 0 Å².